The third-order valence-electron chi connectivity index (χ3n) is 5.38. The summed E-state index contributed by atoms with van der Waals surface area (Å²) in [5, 5.41) is 14.2. The Morgan fingerprint density at radius 3 is 2.22 bits per heavy atom. The first-order chi connectivity index (χ1) is 15.4. The van der Waals surface area contributed by atoms with Gasteiger partial charge in [-0.25, -0.2) is 4.68 Å². The summed E-state index contributed by atoms with van der Waals surface area (Å²) < 4.78 is 1.78. The molecule has 166 valence electrons. The molecule has 0 saturated heterocycles. The maximum atomic E-state index is 13.0. The molecule has 8 nitrogen and oxygen atoms in total. The highest BCUT2D eigenvalue weighted by Gasteiger charge is 2.34. The number of aromatic nitrogens is 3. The van der Waals surface area contributed by atoms with Gasteiger partial charge < -0.3 is 15.5 Å². The van der Waals surface area contributed by atoms with Gasteiger partial charge in [-0.2, -0.15) is 0 Å². The van der Waals surface area contributed by atoms with Crippen molar-refractivity contribution >= 4 is 23.2 Å². The minimum absolute atomic E-state index is 0.0442. The zero-order valence-corrected chi connectivity index (χ0v) is 18.6. The third kappa shape index (κ3) is 5.20. The minimum atomic E-state index is -0.284. The van der Waals surface area contributed by atoms with Crippen molar-refractivity contribution in [1.29, 1.82) is 0 Å². The summed E-state index contributed by atoms with van der Waals surface area (Å²) in [4.78, 5) is 26.9. The Hall–Kier alpha value is -3.52. The summed E-state index contributed by atoms with van der Waals surface area (Å²) >= 11 is 0. The molecule has 2 aromatic carbocycles. The fourth-order valence-corrected chi connectivity index (χ4v) is 3.43. The van der Waals surface area contributed by atoms with Crippen molar-refractivity contribution in [3.63, 3.8) is 0 Å². The van der Waals surface area contributed by atoms with Gasteiger partial charge in [0.2, 0.25) is 5.91 Å². The lowest BCUT2D eigenvalue weighted by atomic mass is 10.2. The van der Waals surface area contributed by atoms with Crippen LogP contribution in [0.3, 0.4) is 0 Å². The molecular weight excluding hydrogens is 404 g/mol. The fourth-order valence-electron chi connectivity index (χ4n) is 3.43. The van der Waals surface area contributed by atoms with Crippen LogP contribution in [0.4, 0.5) is 11.4 Å². The molecule has 0 bridgehead atoms. The fraction of sp³-hybridized carbons (Fsp3) is 0.333. The van der Waals surface area contributed by atoms with Gasteiger partial charge in [-0.05, 0) is 70.3 Å². The molecule has 1 aromatic heterocycles. The van der Waals surface area contributed by atoms with Crippen LogP contribution in [-0.2, 0) is 4.79 Å². The molecule has 0 aliphatic heterocycles. The lowest BCUT2D eigenvalue weighted by molar-refractivity contribution is -0.116. The number of hydrogen-bond acceptors (Lipinski definition) is 5. The maximum Gasteiger partial charge on any atom is 0.278 e. The number of nitrogens with zero attached hydrogens (tertiary/aromatic N) is 4. The van der Waals surface area contributed by atoms with Crippen LogP contribution in [-0.4, -0.2) is 52.3 Å². The van der Waals surface area contributed by atoms with Gasteiger partial charge in [-0.15, -0.1) is 5.10 Å². The summed E-state index contributed by atoms with van der Waals surface area (Å²) in [5.74, 6) is -0.0304. The van der Waals surface area contributed by atoms with Gasteiger partial charge in [0.15, 0.2) is 5.69 Å². The van der Waals surface area contributed by atoms with Crippen molar-refractivity contribution in [3.8, 4) is 5.69 Å². The zero-order valence-electron chi connectivity index (χ0n) is 18.6. The van der Waals surface area contributed by atoms with E-state index in [0.29, 0.717) is 36.0 Å². The number of benzene rings is 2. The Morgan fingerprint density at radius 1 is 1.00 bits per heavy atom. The van der Waals surface area contributed by atoms with Gasteiger partial charge >= 0.3 is 0 Å². The van der Waals surface area contributed by atoms with Crippen molar-refractivity contribution in [2.24, 2.45) is 0 Å². The number of hydrogen-bond donors (Lipinski definition) is 2. The van der Waals surface area contributed by atoms with E-state index in [-0.39, 0.29) is 11.8 Å². The molecule has 0 spiro atoms. The first kappa shape index (κ1) is 21.7. The van der Waals surface area contributed by atoms with E-state index in [9.17, 15) is 9.59 Å². The molecule has 1 aliphatic rings. The molecule has 0 radical (unpaired) electrons. The topological polar surface area (TPSA) is 92.1 Å². The van der Waals surface area contributed by atoms with Crippen LogP contribution in [0.5, 0.6) is 0 Å². The predicted molar refractivity (Wildman–Crippen MR) is 124 cm³/mol. The summed E-state index contributed by atoms with van der Waals surface area (Å²) in [7, 11) is 3.86. The van der Waals surface area contributed by atoms with Crippen LogP contribution in [0, 0.1) is 6.92 Å². The van der Waals surface area contributed by atoms with Crippen LogP contribution in [0.15, 0.2) is 48.5 Å². The number of rotatable bonds is 8. The second-order valence-corrected chi connectivity index (χ2v) is 8.48. The van der Waals surface area contributed by atoms with E-state index in [4.69, 9.17) is 0 Å². The van der Waals surface area contributed by atoms with Crippen molar-refractivity contribution < 1.29 is 9.59 Å². The van der Waals surface area contributed by atoms with Crippen molar-refractivity contribution in [3.05, 3.63) is 65.5 Å². The Morgan fingerprint density at radius 2 is 1.62 bits per heavy atom. The smallest absolute Gasteiger partial charge is 0.278 e. The Balaban J connectivity index is 1.45. The Kier molecular flexibility index (Phi) is 6.32. The van der Waals surface area contributed by atoms with Gasteiger partial charge in [-0.3, -0.25) is 9.59 Å². The summed E-state index contributed by atoms with van der Waals surface area (Å²) in [5.41, 5.74) is 4.60. The molecule has 2 amide bonds. The number of carbonyl (C=O) groups excluding carboxylic acids is 2. The Labute approximate surface area is 187 Å². The van der Waals surface area contributed by atoms with E-state index < -0.39 is 0 Å². The highest BCUT2D eigenvalue weighted by atomic mass is 16.2. The normalized spacial score (nSPS) is 13.2. The first-order valence-corrected chi connectivity index (χ1v) is 10.8. The lowest BCUT2D eigenvalue weighted by Crippen LogP contribution is -2.20. The number of amides is 2. The second kappa shape index (κ2) is 9.32. The second-order valence-electron chi connectivity index (χ2n) is 8.48. The number of nitrogens with one attached hydrogen (secondary N) is 2. The quantitative estimate of drug-likeness (QED) is 0.567. The monoisotopic (exact) mass is 432 g/mol. The van der Waals surface area contributed by atoms with E-state index in [1.54, 1.807) is 28.9 Å². The summed E-state index contributed by atoms with van der Waals surface area (Å²) in [6.45, 7) is 2.72. The summed E-state index contributed by atoms with van der Waals surface area (Å²) in [6.07, 6.45) is 2.48. The molecule has 4 rings (SSSR count). The minimum Gasteiger partial charge on any atom is -0.326 e. The van der Waals surface area contributed by atoms with Crippen LogP contribution < -0.4 is 10.6 Å². The molecule has 1 saturated carbocycles. The van der Waals surface area contributed by atoms with Crippen LogP contribution in [0.1, 0.15) is 46.9 Å². The van der Waals surface area contributed by atoms with Gasteiger partial charge in [0, 0.05) is 30.3 Å². The highest BCUT2D eigenvalue weighted by Crippen LogP contribution is 2.42. The number of aryl methyl sites for hydroxylation is 1. The number of carbonyl (C=O) groups is 2. The maximum absolute atomic E-state index is 13.0. The van der Waals surface area contributed by atoms with E-state index >= 15 is 0 Å². The van der Waals surface area contributed by atoms with Crippen LogP contribution in [0.2, 0.25) is 0 Å². The largest absolute Gasteiger partial charge is 0.326 e. The standard InChI is InChI=1S/C24H28N6O2/c1-16-4-12-20(13-5-16)30-23(17-6-7-17)22(27-28-30)24(32)26-19-10-8-18(9-11-19)25-21(31)14-15-29(2)3/h4-5,8-13,17H,6-7,14-15H2,1-3H3,(H,25,31)(H,26,32). The van der Waals surface area contributed by atoms with E-state index in [2.05, 4.69) is 20.9 Å². The van der Waals surface area contributed by atoms with E-state index in [1.165, 1.54) is 0 Å². The molecular formula is C24H28N6O2. The molecule has 0 atom stereocenters. The average Bonchev–Trinajstić information content (AvgIpc) is 3.52. The molecule has 1 heterocycles. The molecule has 1 fully saturated rings. The zero-order chi connectivity index (χ0) is 22.7. The molecule has 2 N–H and O–H groups in total. The van der Waals surface area contributed by atoms with Crippen molar-refractivity contribution in [2.75, 3.05) is 31.3 Å². The molecule has 0 unspecified atom stereocenters. The number of anilines is 2. The van der Waals surface area contributed by atoms with Crippen LogP contribution >= 0.6 is 0 Å². The highest BCUT2D eigenvalue weighted by molar-refractivity contribution is 6.04. The van der Waals surface area contributed by atoms with Crippen molar-refractivity contribution in [2.45, 2.75) is 32.1 Å². The third-order valence-corrected chi connectivity index (χ3v) is 5.38. The van der Waals surface area contributed by atoms with Gasteiger partial charge in [0.25, 0.3) is 5.91 Å². The van der Waals surface area contributed by atoms with Gasteiger partial charge in [-0.1, -0.05) is 22.9 Å². The van der Waals surface area contributed by atoms with Gasteiger partial charge in [0.05, 0.1) is 11.4 Å². The van der Waals surface area contributed by atoms with E-state index in [1.807, 2.05) is 50.2 Å². The summed E-state index contributed by atoms with van der Waals surface area (Å²) in [6, 6.07) is 15.1. The molecule has 1 aliphatic carbocycles. The van der Waals surface area contributed by atoms with E-state index in [0.717, 1.165) is 29.8 Å². The van der Waals surface area contributed by atoms with Gasteiger partial charge in [0.1, 0.15) is 0 Å². The lowest BCUT2D eigenvalue weighted by Gasteiger charge is -2.10. The Bertz CT molecular complexity index is 1100. The van der Waals surface area contributed by atoms with Crippen LogP contribution in [0.25, 0.3) is 5.69 Å². The SMILES string of the molecule is Cc1ccc(-n2nnc(C(=O)Nc3ccc(NC(=O)CCN(C)C)cc3)c2C2CC2)cc1. The first-order valence-electron chi connectivity index (χ1n) is 10.8. The van der Waals surface area contributed by atoms with Crippen molar-refractivity contribution in [1.82, 2.24) is 19.9 Å². The molecule has 3 aromatic rings. The predicted octanol–water partition coefficient (Wildman–Crippen LogP) is 3.60. The molecule has 32 heavy (non-hydrogen) atoms. The average molecular weight is 433 g/mol. The molecule has 8 heteroatoms.